The summed E-state index contributed by atoms with van der Waals surface area (Å²) in [7, 11) is 0. The summed E-state index contributed by atoms with van der Waals surface area (Å²) < 4.78 is 0. The lowest BCUT2D eigenvalue weighted by atomic mass is 9.96. The summed E-state index contributed by atoms with van der Waals surface area (Å²) in [6.45, 7) is 2.17. The lowest BCUT2D eigenvalue weighted by Gasteiger charge is -2.19. The average Bonchev–Trinajstić information content (AvgIpc) is 2.44. The summed E-state index contributed by atoms with van der Waals surface area (Å²) in [5.41, 5.74) is 12.8. The molecule has 2 rings (SSSR count). The van der Waals surface area contributed by atoms with Crippen LogP contribution in [0.5, 0.6) is 0 Å². The maximum absolute atomic E-state index is 6.03. The summed E-state index contributed by atoms with van der Waals surface area (Å²) in [6.07, 6.45) is 2.23. The third-order valence-electron chi connectivity index (χ3n) is 3.38. The minimum Gasteiger partial charge on any atom is -0.398 e. The molecule has 4 heteroatoms. The topological polar surface area (TPSA) is 64.1 Å². The third kappa shape index (κ3) is 3.31. The van der Waals surface area contributed by atoms with Crippen molar-refractivity contribution in [3.8, 4) is 0 Å². The quantitative estimate of drug-likeness (QED) is 0.449. The molecule has 1 unspecified atom stereocenters. The number of hydrazine groups is 1. The van der Waals surface area contributed by atoms with Crippen molar-refractivity contribution < 1.29 is 0 Å². The highest BCUT2D eigenvalue weighted by molar-refractivity contribution is 6.30. The van der Waals surface area contributed by atoms with Crippen molar-refractivity contribution in [2.24, 2.45) is 5.84 Å². The first-order chi connectivity index (χ1) is 9.65. The average molecular weight is 290 g/mol. The number of anilines is 1. The first kappa shape index (κ1) is 14.9. The van der Waals surface area contributed by atoms with E-state index in [-0.39, 0.29) is 6.04 Å². The fourth-order valence-electron chi connectivity index (χ4n) is 2.34. The van der Waals surface area contributed by atoms with Gasteiger partial charge >= 0.3 is 0 Å². The van der Waals surface area contributed by atoms with E-state index in [9.17, 15) is 0 Å². The Morgan fingerprint density at radius 3 is 2.40 bits per heavy atom. The first-order valence-corrected chi connectivity index (χ1v) is 7.13. The molecule has 0 bridgehead atoms. The molecule has 1 atom stereocenters. The molecule has 2 aromatic carbocycles. The van der Waals surface area contributed by atoms with Gasteiger partial charge in [0.05, 0.1) is 6.04 Å². The number of hydrogen-bond acceptors (Lipinski definition) is 3. The third-order valence-corrected chi connectivity index (χ3v) is 3.61. The Hall–Kier alpha value is -1.55. The minimum atomic E-state index is -0.136. The summed E-state index contributed by atoms with van der Waals surface area (Å²) in [5.74, 6) is 5.70. The van der Waals surface area contributed by atoms with Gasteiger partial charge < -0.3 is 5.73 Å². The van der Waals surface area contributed by atoms with Crippen molar-refractivity contribution in [3.63, 3.8) is 0 Å². The number of aryl methyl sites for hydroxylation is 1. The molecule has 0 radical (unpaired) electrons. The van der Waals surface area contributed by atoms with Gasteiger partial charge in [-0.2, -0.15) is 0 Å². The van der Waals surface area contributed by atoms with E-state index in [4.69, 9.17) is 23.2 Å². The summed E-state index contributed by atoms with van der Waals surface area (Å²) in [6, 6.07) is 13.8. The Morgan fingerprint density at radius 1 is 1.15 bits per heavy atom. The maximum atomic E-state index is 6.03. The molecule has 0 aliphatic heterocycles. The molecule has 0 aliphatic rings. The Bertz CT molecular complexity index is 566. The molecule has 5 N–H and O–H groups in total. The van der Waals surface area contributed by atoms with E-state index in [1.54, 1.807) is 6.07 Å². The Balaban J connectivity index is 2.31. The molecule has 0 heterocycles. The van der Waals surface area contributed by atoms with E-state index in [1.165, 1.54) is 5.56 Å². The number of nitrogens with two attached hydrogens (primary N) is 2. The largest absolute Gasteiger partial charge is 0.398 e. The van der Waals surface area contributed by atoms with E-state index in [0.717, 1.165) is 24.0 Å². The zero-order valence-electron chi connectivity index (χ0n) is 11.6. The standard InChI is InChI=1S/C16H20ClN3/c1-2-3-11-4-6-12(7-5-11)16(20-19)14-9-8-13(17)10-15(14)18/h4-10,16,20H,2-3,18-19H2,1H3. The number of rotatable bonds is 5. The van der Waals surface area contributed by atoms with Gasteiger partial charge in [-0.1, -0.05) is 55.3 Å². The van der Waals surface area contributed by atoms with E-state index in [1.807, 2.05) is 12.1 Å². The van der Waals surface area contributed by atoms with Crippen LogP contribution in [-0.2, 0) is 6.42 Å². The smallest absolute Gasteiger partial charge is 0.0730 e. The van der Waals surface area contributed by atoms with Crippen LogP contribution >= 0.6 is 11.6 Å². The molecule has 20 heavy (non-hydrogen) atoms. The molecule has 0 saturated carbocycles. The number of halogens is 1. The molecular formula is C16H20ClN3. The second-order valence-electron chi connectivity index (χ2n) is 4.86. The monoisotopic (exact) mass is 289 g/mol. The van der Waals surface area contributed by atoms with Crippen molar-refractivity contribution in [2.75, 3.05) is 5.73 Å². The van der Waals surface area contributed by atoms with Crippen LogP contribution in [-0.4, -0.2) is 0 Å². The van der Waals surface area contributed by atoms with E-state index >= 15 is 0 Å². The van der Waals surface area contributed by atoms with Crippen LogP contribution < -0.4 is 17.0 Å². The highest BCUT2D eigenvalue weighted by Crippen LogP contribution is 2.28. The van der Waals surface area contributed by atoms with Crippen molar-refractivity contribution in [2.45, 2.75) is 25.8 Å². The summed E-state index contributed by atoms with van der Waals surface area (Å²) in [4.78, 5) is 0. The lowest BCUT2D eigenvalue weighted by Crippen LogP contribution is -2.29. The SMILES string of the molecule is CCCc1ccc(C(NN)c2ccc(Cl)cc2N)cc1. The number of nitrogen functional groups attached to an aromatic ring is 1. The Morgan fingerprint density at radius 2 is 1.85 bits per heavy atom. The molecule has 0 saturated heterocycles. The minimum absolute atomic E-state index is 0.136. The molecule has 3 nitrogen and oxygen atoms in total. The van der Waals surface area contributed by atoms with Crippen LogP contribution in [0.1, 0.15) is 36.1 Å². The maximum Gasteiger partial charge on any atom is 0.0730 e. The molecular weight excluding hydrogens is 270 g/mol. The number of benzene rings is 2. The second kappa shape index (κ2) is 6.75. The molecule has 0 spiro atoms. The normalized spacial score (nSPS) is 12.3. The van der Waals surface area contributed by atoms with Crippen molar-refractivity contribution >= 4 is 17.3 Å². The van der Waals surface area contributed by atoms with Crippen molar-refractivity contribution in [1.82, 2.24) is 5.43 Å². The van der Waals surface area contributed by atoms with Crippen LogP contribution in [0.2, 0.25) is 5.02 Å². The highest BCUT2D eigenvalue weighted by Gasteiger charge is 2.15. The number of nitrogens with one attached hydrogen (secondary N) is 1. The first-order valence-electron chi connectivity index (χ1n) is 6.75. The van der Waals surface area contributed by atoms with E-state index in [2.05, 4.69) is 36.6 Å². The fraction of sp³-hybridized carbons (Fsp3) is 0.250. The second-order valence-corrected chi connectivity index (χ2v) is 5.30. The van der Waals surface area contributed by atoms with Crippen LogP contribution in [0.4, 0.5) is 5.69 Å². The molecule has 2 aromatic rings. The van der Waals surface area contributed by atoms with Crippen molar-refractivity contribution in [3.05, 3.63) is 64.2 Å². The van der Waals surface area contributed by atoms with Gasteiger partial charge in [0.25, 0.3) is 0 Å². The number of hydrogen-bond donors (Lipinski definition) is 3. The van der Waals surface area contributed by atoms with Gasteiger partial charge in [-0.25, -0.2) is 5.43 Å². The lowest BCUT2D eigenvalue weighted by molar-refractivity contribution is 0.638. The van der Waals surface area contributed by atoms with Gasteiger partial charge in [-0.3, -0.25) is 5.84 Å². The molecule has 0 aliphatic carbocycles. The Kier molecular flexibility index (Phi) is 5.01. The predicted octanol–water partition coefficient (Wildman–Crippen LogP) is 3.43. The van der Waals surface area contributed by atoms with Crippen LogP contribution in [0, 0.1) is 0 Å². The van der Waals surface area contributed by atoms with Gasteiger partial charge in [0.2, 0.25) is 0 Å². The van der Waals surface area contributed by atoms with Crippen LogP contribution in [0.25, 0.3) is 0 Å². The van der Waals surface area contributed by atoms with Gasteiger partial charge in [-0.15, -0.1) is 0 Å². The molecule has 0 aromatic heterocycles. The highest BCUT2D eigenvalue weighted by atomic mass is 35.5. The van der Waals surface area contributed by atoms with Crippen LogP contribution in [0.3, 0.4) is 0 Å². The van der Waals surface area contributed by atoms with Crippen LogP contribution in [0.15, 0.2) is 42.5 Å². The van der Waals surface area contributed by atoms with Crippen molar-refractivity contribution in [1.29, 1.82) is 0 Å². The molecule has 0 amide bonds. The molecule has 106 valence electrons. The summed E-state index contributed by atoms with van der Waals surface area (Å²) >= 11 is 5.93. The van der Waals surface area contributed by atoms with E-state index in [0.29, 0.717) is 10.7 Å². The Labute approximate surface area is 124 Å². The predicted molar refractivity (Wildman–Crippen MR) is 85.5 cm³/mol. The summed E-state index contributed by atoms with van der Waals surface area (Å²) in [5, 5.41) is 0.625. The zero-order valence-corrected chi connectivity index (χ0v) is 12.3. The van der Waals surface area contributed by atoms with Gasteiger partial charge in [0, 0.05) is 10.7 Å². The van der Waals surface area contributed by atoms with Gasteiger partial charge in [-0.05, 0) is 35.2 Å². The van der Waals surface area contributed by atoms with E-state index < -0.39 is 0 Å². The fourth-order valence-corrected chi connectivity index (χ4v) is 2.52. The van der Waals surface area contributed by atoms with Gasteiger partial charge in [0.15, 0.2) is 0 Å². The van der Waals surface area contributed by atoms with Gasteiger partial charge in [0.1, 0.15) is 0 Å². The zero-order chi connectivity index (χ0) is 14.5. The molecule has 0 fully saturated rings.